The molecule has 26 heavy (non-hydrogen) atoms. The molecule has 0 spiro atoms. The van der Waals surface area contributed by atoms with Gasteiger partial charge in [-0.3, -0.25) is 4.79 Å². The van der Waals surface area contributed by atoms with E-state index in [0.29, 0.717) is 17.9 Å². The van der Waals surface area contributed by atoms with Crippen LogP contribution in [-0.2, 0) is 20.9 Å². The second-order valence-corrected chi connectivity index (χ2v) is 6.53. The molecule has 0 aliphatic rings. The molecule has 6 nitrogen and oxygen atoms in total. The number of benzene rings is 2. The first-order valence-electron chi connectivity index (χ1n) is 8.15. The van der Waals surface area contributed by atoms with Crippen molar-refractivity contribution in [2.75, 3.05) is 18.5 Å². The molecule has 0 saturated carbocycles. The zero-order valence-corrected chi connectivity index (χ0v) is 15.0. The van der Waals surface area contributed by atoms with Gasteiger partial charge in [0.25, 0.3) is 0 Å². The Balaban J connectivity index is 1.51. The number of nitrogens with one attached hydrogen (secondary N) is 1. The van der Waals surface area contributed by atoms with Crippen LogP contribution in [0.4, 0.5) is 5.69 Å². The smallest absolute Gasteiger partial charge is 0.338 e. The summed E-state index contributed by atoms with van der Waals surface area (Å²) in [5.41, 5.74) is 1.83. The summed E-state index contributed by atoms with van der Waals surface area (Å²) in [6.45, 7) is 2.22. The molecule has 1 amide bonds. The maximum atomic E-state index is 12.0. The van der Waals surface area contributed by atoms with Crippen LogP contribution < -0.4 is 5.32 Å². The lowest BCUT2D eigenvalue weighted by Crippen LogP contribution is -2.18. The molecule has 7 heteroatoms. The summed E-state index contributed by atoms with van der Waals surface area (Å²) in [4.78, 5) is 28.2. The van der Waals surface area contributed by atoms with Crippen molar-refractivity contribution in [2.45, 2.75) is 13.5 Å². The van der Waals surface area contributed by atoms with Crippen molar-refractivity contribution in [1.29, 1.82) is 0 Å². The Labute approximate surface area is 154 Å². The highest BCUT2D eigenvalue weighted by molar-refractivity contribution is 7.18. The molecule has 0 atom stereocenters. The van der Waals surface area contributed by atoms with Crippen LogP contribution in [0.3, 0.4) is 0 Å². The van der Waals surface area contributed by atoms with Crippen molar-refractivity contribution in [3.8, 4) is 0 Å². The molecule has 0 unspecified atom stereocenters. The Kier molecular flexibility index (Phi) is 5.93. The van der Waals surface area contributed by atoms with E-state index < -0.39 is 5.97 Å². The van der Waals surface area contributed by atoms with Crippen LogP contribution >= 0.6 is 11.3 Å². The van der Waals surface area contributed by atoms with Crippen molar-refractivity contribution in [2.24, 2.45) is 0 Å². The number of para-hydroxylation sites is 1. The second kappa shape index (κ2) is 8.55. The molecule has 3 rings (SSSR count). The summed E-state index contributed by atoms with van der Waals surface area (Å²) in [6, 6.07) is 14.4. The number of nitrogens with zero attached hydrogens (tertiary/aromatic N) is 1. The number of aromatic nitrogens is 1. The van der Waals surface area contributed by atoms with Crippen LogP contribution in [0.5, 0.6) is 0 Å². The number of ether oxygens (including phenoxy) is 2. The van der Waals surface area contributed by atoms with Crippen molar-refractivity contribution in [3.05, 3.63) is 59.1 Å². The van der Waals surface area contributed by atoms with E-state index in [4.69, 9.17) is 9.47 Å². The van der Waals surface area contributed by atoms with Crippen LogP contribution in [0.2, 0.25) is 0 Å². The lowest BCUT2D eigenvalue weighted by atomic mass is 10.2. The van der Waals surface area contributed by atoms with Gasteiger partial charge >= 0.3 is 5.97 Å². The van der Waals surface area contributed by atoms with Gasteiger partial charge in [-0.1, -0.05) is 18.2 Å². The Morgan fingerprint density at radius 3 is 2.81 bits per heavy atom. The van der Waals surface area contributed by atoms with Gasteiger partial charge in [-0.25, -0.2) is 9.78 Å². The highest BCUT2D eigenvalue weighted by Gasteiger charge is 2.09. The standard InChI is InChI=1S/C19H18N2O4S/c1-2-25-19(23)13-6-5-7-14(10-13)20-17(22)11-24-12-18-21-15-8-3-4-9-16(15)26-18/h3-10H,2,11-12H2,1H3,(H,20,22). The summed E-state index contributed by atoms with van der Waals surface area (Å²) in [6.07, 6.45) is 0. The monoisotopic (exact) mass is 370 g/mol. The van der Waals surface area contributed by atoms with Crippen molar-refractivity contribution in [3.63, 3.8) is 0 Å². The van der Waals surface area contributed by atoms with Crippen LogP contribution in [0.1, 0.15) is 22.3 Å². The molecule has 3 aromatic rings. The van der Waals surface area contributed by atoms with E-state index in [0.717, 1.165) is 15.2 Å². The van der Waals surface area contributed by atoms with E-state index in [1.165, 1.54) is 0 Å². The molecule has 134 valence electrons. The number of thiazole rings is 1. The number of fused-ring (bicyclic) bond motifs is 1. The van der Waals surface area contributed by atoms with E-state index in [9.17, 15) is 9.59 Å². The molecule has 0 aliphatic carbocycles. The van der Waals surface area contributed by atoms with Crippen LogP contribution in [0.25, 0.3) is 10.2 Å². The number of rotatable bonds is 7. The number of hydrogen-bond acceptors (Lipinski definition) is 6. The van der Waals surface area contributed by atoms with Gasteiger partial charge in [0, 0.05) is 5.69 Å². The SMILES string of the molecule is CCOC(=O)c1cccc(NC(=O)COCc2nc3ccccc3s2)c1. The zero-order chi connectivity index (χ0) is 18.4. The maximum Gasteiger partial charge on any atom is 0.338 e. The molecule has 0 aliphatic heterocycles. The second-order valence-electron chi connectivity index (χ2n) is 5.42. The van der Waals surface area contributed by atoms with Gasteiger partial charge in [-0.05, 0) is 37.3 Å². The Bertz CT molecular complexity index is 890. The predicted molar refractivity (Wildman–Crippen MR) is 100 cm³/mol. The molecule has 1 heterocycles. The molecule has 1 aromatic heterocycles. The molecule has 1 N–H and O–H groups in total. The third kappa shape index (κ3) is 4.65. The normalized spacial score (nSPS) is 10.7. The quantitative estimate of drug-likeness (QED) is 0.643. The first-order valence-corrected chi connectivity index (χ1v) is 8.96. The molecular formula is C19H18N2O4S. The van der Waals surface area contributed by atoms with E-state index in [1.54, 1.807) is 42.5 Å². The average Bonchev–Trinajstić information content (AvgIpc) is 3.05. The summed E-state index contributed by atoms with van der Waals surface area (Å²) < 4.78 is 11.5. The minimum atomic E-state index is -0.421. The number of carbonyl (C=O) groups excluding carboxylic acids is 2. The summed E-state index contributed by atoms with van der Waals surface area (Å²) in [5.74, 6) is -0.720. The van der Waals surface area contributed by atoms with Gasteiger partial charge in [0.15, 0.2) is 0 Å². The fourth-order valence-corrected chi connectivity index (χ4v) is 3.25. The number of amides is 1. The highest BCUT2D eigenvalue weighted by atomic mass is 32.1. The van der Waals surface area contributed by atoms with Crippen LogP contribution in [-0.4, -0.2) is 30.1 Å². The molecule has 0 fully saturated rings. The van der Waals surface area contributed by atoms with Crippen molar-refractivity contribution >= 4 is 39.1 Å². The van der Waals surface area contributed by atoms with E-state index >= 15 is 0 Å². The zero-order valence-electron chi connectivity index (χ0n) is 14.2. The van der Waals surface area contributed by atoms with Crippen molar-refractivity contribution < 1.29 is 19.1 Å². The minimum Gasteiger partial charge on any atom is -0.462 e. The Hall–Kier alpha value is -2.77. The first-order chi connectivity index (χ1) is 12.7. The van der Waals surface area contributed by atoms with Gasteiger partial charge in [-0.15, -0.1) is 11.3 Å². The minimum absolute atomic E-state index is 0.0977. The average molecular weight is 370 g/mol. The summed E-state index contributed by atoms with van der Waals surface area (Å²) in [5, 5.41) is 3.53. The van der Waals surface area contributed by atoms with Gasteiger partial charge < -0.3 is 14.8 Å². The lowest BCUT2D eigenvalue weighted by molar-refractivity contribution is -0.121. The predicted octanol–water partition coefficient (Wildman–Crippen LogP) is 3.63. The summed E-state index contributed by atoms with van der Waals surface area (Å²) >= 11 is 1.54. The summed E-state index contributed by atoms with van der Waals surface area (Å²) in [7, 11) is 0. The van der Waals surface area contributed by atoms with Crippen molar-refractivity contribution in [1.82, 2.24) is 4.98 Å². The fourth-order valence-electron chi connectivity index (χ4n) is 2.35. The highest BCUT2D eigenvalue weighted by Crippen LogP contribution is 2.22. The molecule has 0 saturated heterocycles. The third-order valence-electron chi connectivity index (χ3n) is 3.45. The molecular weight excluding hydrogens is 352 g/mol. The Morgan fingerprint density at radius 2 is 2.00 bits per heavy atom. The molecule has 2 aromatic carbocycles. The lowest BCUT2D eigenvalue weighted by Gasteiger charge is -2.07. The van der Waals surface area contributed by atoms with Gasteiger partial charge in [0.05, 0.1) is 29.0 Å². The number of carbonyl (C=O) groups is 2. The third-order valence-corrected chi connectivity index (χ3v) is 4.46. The van der Waals surface area contributed by atoms with Crippen LogP contribution in [0.15, 0.2) is 48.5 Å². The van der Waals surface area contributed by atoms with Gasteiger partial charge in [0.2, 0.25) is 5.91 Å². The fraction of sp³-hybridized carbons (Fsp3) is 0.211. The van der Waals surface area contributed by atoms with Gasteiger partial charge in [0.1, 0.15) is 11.6 Å². The maximum absolute atomic E-state index is 12.0. The number of anilines is 1. The first kappa shape index (κ1) is 18.0. The van der Waals surface area contributed by atoms with Gasteiger partial charge in [-0.2, -0.15) is 0 Å². The van der Waals surface area contributed by atoms with E-state index in [2.05, 4.69) is 10.3 Å². The number of esters is 1. The molecule has 0 radical (unpaired) electrons. The number of hydrogen-bond donors (Lipinski definition) is 1. The Morgan fingerprint density at radius 1 is 1.15 bits per heavy atom. The van der Waals surface area contributed by atoms with Crippen LogP contribution in [0, 0.1) is 0 Å². The largest absolute Gasteiger partial charge is 0.462 e. The molecule has 0 bridgehead atoms. The van der Waals surface area contributed by atoms with E-state index in [-0.39, 0.29) is 19.1 Å². The van der Waals surface area contributed by atoms with E-state index in [1.807, 2.05) is 24.3 Å². The topological polar surface area (TPSA) is 77.5 Å².